The number of rotatable bonds is 3. The van der Waals surface area contributed by atoms with Crippen molar-refractivity contribution in [3.63, 3.8) is 0 Å². The van der Waals surface area contributed by atoms with Gasteiger partial charge in [0.15, 0.2) is 5.78 Å². The molecule has 0 amide bonds. The van der Waals surface area contributed by atoms with Crippen LogP contribution in [0.5, 0.6) is 0 Å². The van der Waals surface area contributed by atoms with Crippen molar-refractivity contribution in [2.75, 3.05) is 0 Å². The fourth-order valence-electron chi connectivity index (χ4n) is 3.09. The number of ketones is 1. The number of carboxylic acids is 1. The molecule has 0 bridgehead atoms. The van der Waals surface area contributed by atoms with E-state index in [0.29, 0.717) is 13.0 Å². The third kappa shape index (κ3) is 2.01. The summed E-state index contributed by atoms with van der Waals surface area (Å²) in [4.78, 5) is 23.1. The number of carbonyl (C=O) groups is 2. The zero-order valence-corrected chi connectivity index (χ0v) is 11.5. The minimum absolute atomic E-state index is 0.0391. The van der Waals surface area contributed by atoms with Crippen LogP contribution >= 0.6 is 0 Å². The molecule has 1 aromatic heterocycles. The van der Waals surface area contributed by atoms with E-state index in [9.17, 15) is 9.59 Å². The number of nitrogens with zero attached hydrogens (tertiary/aromatic N) is 1. The van der Waals surface area contributed by atoms with E-state index in [0.717, 1.165) is 40.6 Å². The van der Waals surface area contributed by atoms with Crippen molar-refractivity contribution in [2.24, 2.45) is 0 Å². The Morgan fingerprint density at radius 1 is 1.35 bits per heavy atom. The summed E-state index contributed by atoms with van der Waals surface area (Å²) in [5.41, 5.74) is 3.98. The van der Waals surface area contributed by atoms with Gasteiger partial charge in [-0.05, 0) is 37.5 Å². The molecule has 1 aliphatic carbocycles. The second kappa shape index (κ2) is 4.78. The van der Waals surface area contributed by atoms with Crippen molar-refractivity contribution >= 4 is 22.7 Å². The van der Waals surface area contributed by atoms with Crippen molar-refractivity contribution in [1.29, 1.82) is 0 Å². The lowest BCUT2D eigenvalue weighted by molar-refractivity contribution is -0.137. The monoisotopic (exact) mass is 271 g/mol. The molecule has 0 aliphatic heterocycles. The second-order valence-electron chi connectivity index (χ2n) is 5.42. The smallest absolute Gasteiger partial charge is 0.305 e. The molecule has 1 N–H and O–H groups in total. The molecule has 0 saturated carbocycles. The van der Waals surface area contributed by atoms with Gasteiger partial charge >= 0.3 is 5.97 Å². The van der Waals surface area contributed by atoms with Gasteiger partial charge in [0.25, 0.3) is 0 Å². The van der Waals surface area contributed by atoms with Gasteiger partial charge in [-0.3, -0.25) is 9.59 Å². The maximum absolute atomic E-state index is 12.2. The fourth-order valence-corrected chi connectivity index (χ4v) is 3.09. The predicted molar refractivity (Wildman–Crippen MR) is 76.2 cm³/mol. The molecule has 0 unspecified atom stereocenters. The standard InChI is InChI=1S/C16H17NO3/c1-10-5-6-13-12(9-10)11-3-2-4-14(18)16(11)17(13)8-7-15(19)20/h5-6,9H,2-4,7-8H2,1H3,(H,19,20). The first-order chi connectivity index (χ1) is 9.58. The number of aliphatic carboxylic acids is 1. The van der Waals surface area contributed by atoms with Gasteiger partial charge in [0.1, 0.15) is 0 Å². The summed E-state index contributed by atoms with van der Waals surface area (Å²) in [7, 11) is 0. The molecule has 3 rings (SSSR count). The molecule has 0 spiro atoms. The van der Waals surface area contributed by atoms with Crippen molar-refractivity contribution in [1.82, 2.24) is 4.57 Å². The average Bonchev–Trinajstić information content (AvgIpc) is 2.71. The van der Waals surface area contributed by atoms with Crippen LogP contribution in [-0.4, -0.2) is 21.4 Å². The topological polar surface area (TPSA) is 59.3 Å². The minimum Gasteiger partial charge on any atom is -0.481 e. The highest BCUT2D eigenvalue weighted by Gasteiger charge is 2.25. The lowest BCUT2D eigenvalue weighted by atomic mass is 9.94. The molecule has 0 saturated heterocycles. The summed E-state index contributed by atoms with van der Waals surface area (Å²) in [5.74, 6) is -0.693. The highest BCUT2D eigenvalue weighted by Crippen LogP contribution is 2.33. The van der Waals surface area contributed by atoms with Gasteiger partial charge in [0.2, 0.25) is 0 Å². The van der Waals surface area contributed by atoms with E-state index in [-0.39, 0.29) is 12.2 Å². The molecule has 1 aliphatic rings. The maximum atomic E-state index is 12.2. The summed E-state index contributed by atoms with van der Waals surface area (Å²) in [6, 6.07) is 6.11. The van der Waals surface area contributed by atoms with Crippen molar-refractivity contribution < 1.29 is 14.7 Å². The van der Waals surface area contributed by atoms with E-state index in [1.807, 2.05) is 23.6 Å². The Labute approximate surface area is 117 Å². The minimum atomic E-state index is -0.837. The normalized spacial score (nSPS) is 14.6. The second-order valence-corrected chi connectivity index (χ2v) is 5.42. The first kappa shape index (κ1) is 12.9. The average molecular weight is 271 g/mol. The first-order valence-electron chi connectivity index (χ1n) is 6.94. The van der Waals surface area contributed by atoms with Crippen molar-refractivity contribution in [2.45, 2.75) is 39.2 Å². The Bertz CT molecular complexity index is 712. The van der Waals surface area contributed by atoms with E-state index in [2.05, 4.69) is 6.07 Å². The van der Waals surface area contributed by atoms with Gasteiger partial charge in [-0.1, -0.05) is 11.6 Å². The molecular formula is C16H17NO3. The molecule has 2 aromatic rings. The third-order valence-electron chi connectivity index (χ3n) is 3.97. The zero-order valence-electron chi connectivity index (χ0n) is 11.5. The maximum Gasteiger partial charge on any atom is 0.305 e. The lowest BCUT2D eigenvalue weighted by Gasteiger charge is -2.14. The van der Waals surface area contributed by atoms with Gasteiger partial charge in [-0.25, -0.2) is 0 Å². The molecule has 4 nitrogen and oxygen atoms in total. The number of aryl methyl sites for hydroxylation is 3. The van der Waals surface area contributed by atoms with E-state index >= 15 is 0 Å². The van der Waals surface area contributed by atoms with Crippen molar-refractivity contribution in [3.05, 3.63) is 35.0 Å². The first-order valence-corrected chi connectivity index (χ1v) is 6.94. The number of fused-ring (bicyclic) bond motifs is 3. The van der Waals surface area contributed by atoms with Crippen LogP contribution in [0.2, 0.25) is 0 Å². The Balaban J connectivity index is 2.22. The van der Waals surface area contributed by atoms with Crippen LogP contribution < -0.4 is 0 Å². The molecule has 0 radical (unpaired) electrons. The molecular weight excluding hydrogens is 254 g/mol. The van der Waals surface area contributed by atoms with Crippen LogP contribution in [0.4, 0.5) is 0 Å². The predicted octanol–water partition coefficient (Wildman–Crippen LogP) is 2.94. The highest BCUT2D eigenvalue weighted by molar-refractivity contribution is 6.04. The fraction of sp³-hybridized carbons (Fsp3) is 0.375. The van der Waals surface area contributed by atoms with Crippen LogP contribution in [0.25, 0.3) is 10.9 Å². The van der Waals surface area contributed by atoms with E-state index in [4.69, 9.17) is 5.11 Å². The number of Topliss-reactive ketones (excluding diaryl/α,β-unsaturated/α-hetero) is 1. The number of hydrogen-bond acceptors (Lipinski definition) is 2. The largest absolute Gasteiger partial charge is 0.481 e. The Morgan fingerprint density at radius 3 is 2.90 bits per heavy atom. The Kier molecular flexibility index (Phi) is 3.08. The van der Waals surface area contributed by atoms with Crippen molar-refractivity contribution in [3.8, 4) is 0 Å². The van der Waals surface area contributed by atoms with Gasteiger partial charge in [0.05, 0.1) is 12.1 Å². The molecule has 104 valence electrons. The van der Waals surface area contributed by atoms with Gasteiger partial charge in [0, 0.05) is 23.9 Å². The van der Waals surface area contributed by atoms with Crippen LogP contribution in [0, 0.1) is 6.92 Å². The van der Waals surface area contributed by atoms with Crippen LogP contribution in [-0.2, 0) is 17.8 Å². The van der Waals surface area contributed by atoms with Crippen LogP contribution in [0.3, 0.4) is 0 Å². The summed E-state index contributed by atoms with van der Waals surface area (Å²) >= 11 is 0. The quantitative estimate of drug-likeness (QED) is 0.933. The number of carboxylic acid groups (broad SMARTS) is 1. The summed E-state index contributed by atoms with van der Waals surface area (Å²) < 4.78 is 1.90. The number of aromatic nitrogens is 1. The van der Waals surface area contributed by atoms with E-state index < -0.39 is 5.97 Å². The molecule has 1 aromatic carbocycles. The van der Waals surface area contributed by atoms with E-state index in [1.165, 1.54) is 0 Å². The molecule has 0 fully saturated rings. The SMILES string of the molecule is Cc1ccc2c(c1)c1c(n2CCC(=O)O)C(=O)CCC1. The van der Waals surface area contributed by atoms with Gasteiger partial charge in [-0.15, -0.1) is 0 Å². The summed E-state index contributed by atoms with van der Waals surface area (Å²) in [5, 5.41) is 10.0. The third-order valence-corrected chi connectivity index (χ3v) is 3.97. The summed E-state index contributed by atoms with van der Waals surface area (Å²) in [6.07, 6.45) is 2.39. The molecule has 0 atom stereocenters. The highest BCUT2D eigenvalue weighted by atomic mass is 16.4. The molecule has 20 heavy (non-hydrogen) atoms. The Hall–Kier alpha value is -2.10. The van der Waals surface area contributed by atoms with E-state index in [1.54, 1.807) is 0 Å². The summed E-state index contributed by atoms with van der Waals surface area (Å²) in [6.45, 7) is 2.39. The number of carbonyl (C=O) groups excluding carboxylic acids is 1. The van der Waals surface area contributed by atoms with Gasteiger partial charge in [-0.2, -0.15) is 0 Å². The Morgan fingerprint density at radius 2 is 2.15 bits per heavy atom. The van der Waals surface area contributed by atoms with Gasteiger partial charge < -0.3 is 9.67 Å². The molecule has 1 heterocycles. The number of benzene rings is 1. The van der Waals surface area contributed by atoms with Crippen LogP contribution in [0.1, 0.15) is 40.9 Å². The molecule has 4 heteroatoms. The number of hydrogen-bond donors (Lipinski definition) is 1. The lowest BCUT2D eigenvalue weighted by Crippen LogP contribution is -2.16. The zero-order chi connectivity index (χ0) is 14.3. The van der Waals surface area contributed by atoms with Crippen LogP contribution in [0.15, 0.2) is 18.2 Å².